The van der Waals surface area contributed by atoms with Gasteiger partial charge in [-0.3, -0.25) is 4.40 Å². The highest BCUT2D eigenvalue weighted by Crippen LogP contribution is 2.34. The molecule has 2 aromatic heterocycles. The third-order valence-corrected chi connectivity index (χ3v) is 4.18. The summed E-state index contributed by atoms with van der Waals surface area (Å²) in [5.74, 6) is 0.725. The van der Waals surface area contributed by atoms with Gasteiger partial charge >= 0.3 is 0 Å². The van der Waals surface area contributed by atoms with Crippen LogP contribution < -0.4 is 0 Å². The summed E-state index contributed by atoms with van der Waals surface area (Å²) < 4.78 is 1.90. The van der Waals surface area contributed by atoms with Crippen molar-refractivity contribution in [3.8, 4) is 0 Å². The van der Waals surface area contributed by atoms with Crippen LogP contribution in [-0.4, -0.2) is 9.38 Å². The Morgan fingerprint density at radius 1 is 1.00 bits per heavy atom. The van der Waals surface area contributed by atoms with Gasteiger partial charge in [0, 0.05) is 11.6 Å². The zero-order valence-corrected chi connectivity index (χ0v) is 15.4. The van der Waals surface area contributed by atoms with Gasteiger partial charge in [0.05, 0.1) is 16.4 Å². The average Bonchev–Trinajstić information content (AvgIpc) is 2.85. The minimum absolute atomic E-state index is 0.145. The fourth-order valence-corrected chi connectivity index (χ4v) is 2.83. The van der Waals surface area contributed by atoms with Gasteiger partial charge in [-0.2, -0.15) is 0 Å². The van der Waals surface area contributed by atoms with Crippen LogP contribution in [0.15, 0.2) is 46.8 Å². The molecule has 0 saturated carbocycles. The number of halogens is 1. The van der Waals surface area contributed by atoms with E-state index in [1.165, 1.54) is 0 Å². The molecule has 0 bridgehead atoms. The number of aromatic nitrogens is 2. The summed E-state index contributed by atoms with van der Waals surface area (Å²) in [6, 6.07) is 9.84. The van der Waals surface area contributed by atoms with Gasteiger partial charge in [-0.1, -0.05) is 50.6 Å². The van der Waals surface area contributed by atoms with Crippen LogP contribution in [0.3, 0.4) is 0 Å². The van der Waals surface area contributed by atoms with Crippen molar-refractivity contribution >= 4 is 28.8 Å². The van der Waals surface area contributed by atoms with E-state index >= 15 is 0 Å². The lowest BCUT2D eigenvalue weighted by Crippen LogP contribution is -2.11. The smallest absolute Gasteiger partial charge is 0.183 e. The molecule has 0 atom stereocenters. The van der Waals surface area contributed by atoms with Crippen molar-refractivity contribution in [3.05, 3.63) is 58.4 Å². The van der Waals surface area contributed by atoms with Crippen molar-refractivity contribution in [2.45, 2.75) is 40.0 Å². The molecule has 0 aliphatic heterocycles. The van der Waals surface area contributed by atoms with Gasteiger partial charge in [-0.15, -0.1) is 10.2 Å². The van der Waals surface area contributed by atoms with Gasteiger partial charge in [-0.05, 0) is 37.1 Å². The fraction of sp³-hybridized carbons (Fsp3) is 0.316. The lowest BCUT2D eigenvalue weighted by atomic mass is 9.92. The summed E-state index contributed by atoms with van der Waals surface area (Å²) in [4.78, 5) is 4.73. The molecule has 3 rings (SSSR count). The third kappa shape index (κ3) is 3.06. The molecule has 1 aromatic carbocycles. The van der Waals surface area contributed by atoms with Gasteiger partial charge < -0.3 is 0 Å². The predicted octanol–water partition coefficient (Wildman–Crippen LogP) is 6.32. The summed E-state index contributed by atoms with van der Waals surface area (Å²) in [6.45, 7) is 10.4. The first-order chi connectivity index (χ1) is 11.3. The maximum absolute atomic E-state index is 6.16. The second-order valence-electron chi connectivity index (χ2n) is 7.05. The molecule has 4 nitrogen and oxygen atoms in total. The summed E-state index contributed by atoms with van der Waals surface area (Å²) in [5.41, 5.74) is 4.67. The Hall–Kier alpha value is -2.20. The van der Waals surface area contributed by atoms with Crippen LogP contribution in [0.4, 0.5) is 11.5 Å². The summed E-state index contributed by atoms with van der Waals surface area (Å²) in [7, 11) is 0. The maximum atomic E-state index is 6.16. The quantitative estimate of drug-likeness (QED) is 0.503. The Morgan fingerprint density at radius 2 is 1.67 bits per heavy atom. The molecule has 0 unspecified atom stereocenters. The molecule has 5 heteroatoms. The van der Waals surface area contributed by atoms with Crippen molar-refractivity contribution in [3.63, 3.8) is 0 Å². The van der Waals surface area contributed by atoms with E-state index in [1.54, 1.807) is 0 Å². The molecule has 2 heterocycles. The van der Waals surface area contributed by atoms with Crippen LogP contribution in [-0.2, 0) is 5.41 Å². The Kier molecular flexibility index (Phi) is 4.18. The molecule has 0 aliphatic rings. The Labute approximate surface area is 147 Å². The third-order valence-electron chi connectivity index (χ3n) is 3.95. The normalized spacial score (nSPS) is 12.4. The van der Waals surface area contributed by atoms with E-state index < -0.39 is 0 Å². The number of azo groups is 1. The number of aryl methyl sites for hydroxylation is 2. The Balaban J connectivity index is 2.21. The van der Waals surface area contributed by atoms with E-state index in [-0.39, 0.29) is 5.41 Å². The largest absolute Gasteiger partial charge is 0.281 e. The van der Waals surface area contributed by atoms with Crippen LogP contribution in [0.25, 0.3) is 5.65 Å². The molecule has 0 spiro atoms. The molecule has 0 radical (unpaired) electrons. The predicted molar refractivity (Wildman–Crippen MR) is 99.0 cm³/mol. The zero-order valence-electron chi connectivity index (χ0n) is 14.6. The minimum Gasteiger partial charge on any atom is -0.281 e. The van der Waals surface area contributed by atoms with E-state index in [1.807, 2.05) is 54.8 Å². The summed E-state index contributed by atoms with van der Waals surface area (Å²) >= 11 is 6.16. The second-order valence-corrected chi connectivity index (χ2v) is 7.49. The number of imidazole rings is 1. The zero-order chi connectivity index (χ0) is 17.5. The Bertz CT molecular complexity index is 912. The van der Waals surface area contributed by atoms with Gasteiger partial charge in [0.2, 0.25) is 0 Å². The Morgan fingerprint density at radius 3 is 2.29 bits per heavy atom. The van der Waals surface area contributed by atoms with Crippen molar-refractivity contribution < 1.29 is 0 Å². The van der Waals surface area contributed by atoms with Crippen molar-refractivity contribution in [1.82, 2.24) is 9.38 Å². The van der Waals surface area contributed by atoms with Crippen molar-refractivity contribution in [2.75, 3.05) is 0 Å². The van der Waals surface area contributed by atoms with Crippen LogP contribution in [0, 0.1) is 13.8 Å². The fourth-order valence-electron chi connectivity index (χ4n) is 2.67. The standard InChI is InChI=1S/C19H21ClN4/c1-12-7-6-8-13(2)16(12)22-23-18-17(19(3,4)5)21-15-10-9-14(20)11-24(15)18/h6-11H,1-5H3. The van der Waals surface area contributed by atoms with Crippen LogP contribution in [0.5, 0.6) is 0 Å². The van der Waals surface area contributed by atoms with E-state index in [0.717, 1.165) is 34.0 Å². The second kappa shape index (κ2) is 6.02. The van der Waals surface area contributed by atoms with Gasteiger partial charge in [0.25, 0.3) is 0 Å². The molecule has 24 heavy (non-hydrogen) atoms. The molecule has 0 aliphatic carbocycles. The first-order valence-electron chi connectivity index (χ1n) is 7.93. The molecule has 0 fully saturated rings. The lowest BCUT2D eigenvalue weighted by molar-refractivity contribution is 0.574. The minimum atomic E-state index is -0.145. The van der Waals surface area contributed by atoms with Gasteiger partial charge in [-0.25, -0.2) is 4.98 Å². The molecule has 3 aromatic rings. The van der Waals surface area contributed by atoms with E-state index in [4.69, 9.17) is 16.6 Å². The number of rotatable bonds is 2. The van der Waals surface area contributed by atoms with Gasteiger partial charge in [0.15, 0.2) is 5.82 Å². The van der Waals surface area contributed by atoms with E-state index in [2.05, 4.69) is 31.0 Å². The van der Waals surface area contributed by atoms with Crippen molar-refractivity contribution in [2.24, 2.45) is 10.2 Å². The molecule has 0 saturated heterocycles. The topological polar surface area (TPSA) is 42.0 Å². The number of fused-ring (bicyclic) bond motifs is 1. The molecular formula is C19H21ClN4. The highest BCUT2D eigenvalue weighted by Gasteiger charge is 2.24. The molecule has 124 valence electrons. The molecular weight excluding hydrogens is 320 g/mol. The SMILES string of the molecule is Cc1cccc(C)c1N=Nc1c(C(C)(C)C)nc2ccc(Cl)cn12. The molecule has 0 amide bonds. The highest BCUT2D eigenvalue weighted by molar-refractivity contribution is 6.30. The first-order valence-corrected chi connectivity index (χ1v) is 8.31. The van der Waals surface area contributed by atoms with Crippen LogP contribution >= 0.6 is 11.6 Å². The first kappa shape index (κ1) is 16.7. The number of hydrogen-bond donors (Lipinski definition) is 0. The number of pyridine rings is 1. The monoisotopic (exact) mass is 340 g/mol. The van der Waals surface area contributed by atoms with E-state index in [0.29, 0.717) is 5.02 Å². The van der Waals surface area contributed by atoms with E-state index in [9.17, 15) is 0 Å². The van der Waals surface area contributed by atoms with Crippen LogP contribution in [0.1, 0.15) is 37.6 Å². The highest BCUT2D eigenvalue weighted by atomic mass is 35.5. The average molecular weight is 341 g/mol. The molecule has 0 N–H and O–H groups in total. The summed E-state index contributed by atoms with van der Waals surface area (Å²) in [6.07, 6.45) is 1.83. The maximum Gasteiger partial charge on any atom is 0.183 e. The van der Waals surface area contributed by atoms with Crippen molar-refractivity contribution in [1.29, 1.82) is 0 Å². The number of hydrogen-bond acceptors (Lipinski definition) is 3. The lowest BCUT2D eigenvalue weighted by Gasteiger charge is -2.15. The summed E-state index contributed by atoms with van der Waals surface area (Å²) in [5, 5.41) is 9.73. The van der Waals surface area contributed by atoms with Crippen LogP contribution in [0.2, 0.25) is 5.02 Å². The van der Waals surface area contributed by atoms with Gasteiger partial charge in [0.1, 0.15) is 5.65 Å². The number of nitrogens with zero attached hydrogens (tertiary/aromatic N) is 4. The number of benzene rings is 1.